The second kappa shape index (κ2) is 5.44. The maximum absolute atomic E-state index is 11.9. The Balaban J connectivity index is 2.19. The van der Waals surface area contributed by atoms with Crippen molar-refractivity contribution in [1.29, 1.82) is 5.26 Å². The summed E-state index contributed by atoms with van der Waals surface area (Å²) in [6.07, 6.45) is 1.21. The fourth-order valence-corrected chi connectivity index (χ4v) is 2.56. The molecule has 1 saturated heterocycles. The molecule has 0 spiro atoms. The molecule has 1 fully saturated rings. The van der Waals surface area contributed by atoms with Crippen LogP contribution in [0, 0.1) is 38.0 Å². The summed E-state index contributed by atoms with van der Waals surface area (Å²) < 4.78 is 0. The normalized spacial score (nSPS) is 19.4. The van der Waals surface area contributed by atoms with Crippen molar-refractivity contribution in [3.05, 3.63) is 34.4 Å². The first-order valence-corrected chi connectivity index (χ1v) is 6.76. The van der Waals surface area contributed by atoms with Crippen LogP contribution in [0.1, 0.15) is 35.1 Å². The largest absolute Gasteiger partial charge is 0.337 e. The van der Waals surface area contributed by atoms with Crippen LogP contribution in [-0.4, -0.2) is 17.4 Å². The summed E-state index contributed by atoms with van der Waals surface area (Å²) in [5.74, 6) is 0.161. The minimum absolute atomic E-state index is 0.00967. The third-order valence-electron chi connectivity index (χ3n) is 4.21. The molecule has 0 radical (unpaired) electrons. The number of nitriles is 1. The number of hydrogen-bond acceptors (Lipinski definition) is 2. The molecular weight excluding hydrogens is 236 g/mol. The third kappa shape index (κ3) is 2.78. The number of nitrogens with zero attached hydrogens (tertiary/aromatic N) is 2. The fraction of sp³-hybridized carbons (Fsp3) is 0.500. The summed E-state index contributed by atoms with van der Waals surface area (Å²) in [5.41, 5.74) is 5.02. The molecule has 1 unspecified atom stereocenters. The maximum atomic E-state index is 11.9. The van der Waals surface area contributed by atoms with E-state index < -0.39 is 0 Å². The molecule has 1 aliphatic rings. The van der Waals surface area contributed by atoms with Gasteiger partial charge >= 0.3 is 0 Å². The van der Waals surface area contributed by atoms with Crippen LogP contribution in [0.15, 0.2) is 12.1 Å². The number of benzene rings is 1. The van der Waals surface area contributed by atoms with E-state index in [1.807, 2.05) is 4.90 Å². The van der Waals surface area contributed by atoms with E-state index in [0.717, 1.165) is 0 Å². The van der Waals surface area contributed by atoms with Gasteiger partial charge in [-0.15, -0.1) is 0 Å². The lowest BCUT2D eigenvalue weighted by Crippen LogP contribution is -2.39. The van der Waals surface area contributed by atoms with Gasteiger partial charge in [0.05, 0.1) is 12.0 Å². The molecule has 0 aromatic heterocycles. The minimum Gasteiger partial charge on any atom is -0.337 e. The first-order chi connectivity index (χ1) is 9.02. The van der Waals surface area contributed by atoms with Crippen molar-refractivity contribution in [1.82, 2.24) is 4.90 Å². The highest BCUT2D eigenvalue weighted by molar-refractivity contribution is 5.77. The number of carbonyl (C=O) groups is 1. The Morgan fingerprint density at radius 2 is 2.05 bits per heavy atom. The van der Waals surface area contributed by atoms with Gasteiger partial charge in [-0.05, 0) is 49.4 Å². The van der Waals surface area contributed by atoms with Gasteiger partial charge in [-0.3, -0.25) is 4.79 Å². The third-order valence-corrected chi connectivity index (χ3v) is 4.21. The first-order valence-electron chi connectivity index (χ1n) is 6.76. The Morgan fingerprint density at radius 1 is 1.32 bits per heavy atom. The Morgan fingerprint density at radius 3 is 2.74 bits per heavy atom. The van der Waals surface area contributed by atoms with Gasteiger partial charge in [0.1, 0.15) is 0 Å². The average Bonchev–Trinajstić information content (AvgIpc) is 2.41. The Hall–Kier alpha value is -1.82. The Labute approximate surface area is 114 Å². The van der Waals surface area contributed by atoms with Crippen LogP contribution < -0.4 is 0 Å². The Kier molecular flexibility index (Phi) is 3.90. The quantitative estimate of drug-likeness (QED) is 0.816. The Bertz CT molecular complexity index is 542. The molecular formula is C16H20N2O. The van der Waals surface area contributed by atoms with Crippen molar-refractivity contribution in [3.63, 3.8) is 0 Å². The van der Waals surface area contributed by atoms with Gasteiger partial charge in [0.15, 0.2) is 0 Å². The number of aryl methyl sites for hydroxylation is 1. The number of carbonyl (C=O) groups excluding carboxylic acids is 1. The number of piperidine rings is 1. The summed E-state index contributed by atoms with van der Waals surface area (Å²) in [6.45, 7) is 7.52. The summed E-state index contributed by atoms with van der Waals surface area (Å²) in [7, 11) is 0. The van der Waals surface area contributed by atoms with Gasteiger partial charge < -0.3 is 4.90 Å². The molecule has 3 heteroatoms. The van der Waals surface area contributed by atoms with E-state index in [1.54, 1.807) is 0 Å². The van der Waals surface area contributed by atoms with Crippen molar-refractivity contribution in [2.24, 2.45) is 5.92 Å². The van der Waals surface area contributed by atoms with Crippen LogP contribution in [0.5, 0.6) is 0 Å². The van der Waals surface area contributed by atoms with Gasteiger partial charge in [-0.1, -0.05) is 12.1 Å². The van der Waals surface area contributed by atoms with Crippen LogP contribution in [0.25, 0.3) is 0 Å². The predicted molar refractivity (Wildman–Crippen MR) is 74.4 cm³/mol. The van der Waals surface area contributed by atoms with Gasteiger partial charge in [-0.2, -0.15) is 5.26 Å². The van der Waals surface area contributed by atoms with Gasteiger partial charge in [0.25, 0.3) is 0 Å². The second-order valence-electron chi connectivity index (χ2n) is 5.43. The van der Waals surface area contributed by atoms with Crippen LogP contribution >= 0.6 is 0 Å². The molecule has 0 bridgehead atoms. The first kappa shape index (κ1) is 13.6. The van der Waals surface area contributed by atoms with Crippen LogP contribution in [0.2, 0.25) is 0 Å². The summed E-state index contributed by atoms with van der Waals surface area (Å²) in [5, 5.41) is 9.01. The van der Waals surface area contributed by atoms with Crippen molar-refractivity contribution in [3.8, 4) is 6.07 Å². The molecule has 0 saturated carbocycles. The molecule has 100 valence electrons. The predicted octanol–water partition coefficient (Wildman–Crippen LogP) is 2.87. The zero-order valence-electron chi connectivity index (χ0n) is 11.9. The van der Waals surface area contributed by atoms with Crippen molar-refractivity contribution in [2.45, 2.75) is 40.2 Å². The van der Waals surface area contributed by atoms with E-state index in [4.69, 9.17) is 5.26 Å². The fourth-order valence-electron chi connectivity index (χ4n) is 2.56. The molecule has 1 atom stereocenters. The summed E-state index contributed by atoms with van der Waals surface area (Å²) in [6, 6.07) is 6.48. The number of hydrogen-bond donors (Lipinski definition) is 0. The zero-order chi connectivity index (χ0) is 14.0. The lowest BCUT2D eigenvalue weighted by Gasteiger charge is -2.30. The van der Waals surface area contributed by atoms with E-state index >= 15 is 0 Å². The highest BCUT2D eigenvalue weighted by atomic mass is 16.2. The molecule has 0 N–H and O–H groups in total. The highest BCUT2D eigenvalue weighted by Gasteiger charge is 2.25. The van der Waals surface area contributed by atoms with Gasteiger partial charge in [-0.25, -0.2) is 0 Å². The lowest BCUT2D eigenvalue weighted by molar-refractivity contribution is -0.134. The number of rotatable bonds is 2. The molecule has 3 nitrogen and oxygen atoms in total. The standard InChI is InChI=1S/C16H20N2O/c1-11-4-6-15(13(3)12(11)2)10-18-9-14(8-17)5-7-16(18)19/h4,6,14H,5,7,9-10H2,1-3H3. The number of likely N-dealkylation sites (tertiary alicyclic amines) is 1. The molecule has 0 aliphatic carbocycles. The second-order valence-corrected chi connectivity index (χ2v) is 5.43. The molecule has 1 aromatic carbocycles. The van der Waals surface area contributed by atoms with Gasteiger partial charge in [0, 0.05) is 19.5 Å². The topological polar surface area (TPSA) is 44.1 Å². The zero-order valence-corrected chi connectivity index (χ0v) is 11.9. The smallest absolute Gasteiger partial charge is 0.222 e. The molecule has 1 aliphatic heterocycles. The van der Waals surface area contributed by atoms with Crippen LogP contribution in [-0.2, 0) is 11.3 Å². The SMILES string of the molecule is Cc1ccc(CN2CC(C#N)CCC2=O)c(C)c1C. The van der Waals surface area contributed by atoms with E-state index in [0.29, 0.717) is 25.9 Å². The molecule has 1 heterocycles. The van der Waals surface area contributed by atoms with Crippen LogP contribution in [0.4, 0.5) is 0 Å². The summed E-state index contributed by atoms with van der Waals surface area (Å²) >= 11 is 0. The highest BCUT2D eigenvalue weighted by Crippen LogP contribution is 2.22. The number of amides is 1. The van der Waals surface area contributed by atoms with E-state index in [9.17, 15) is 4.79 Å². The van der Waals surface area contributed by atoms with E-state index in [2.05, 4.69) is 39.0 Å². The van der Waals surface area contributed by atoms with Gasteiger partial charge in [0.2, 0.25) is 5.91 Å². The molecule has 19 heavy (non-hydrogen) atoms. The average molecular weight is 256 g/mol. The minimum atomic E-state index is -0.00967. The van der Waals surface area contributed by atoms with Crippen molar-refractivity contribution < 1.29 is 4.79 Å². The maximum Gasteiger partial charge on any atom is 0.222 e. The lowest BCUT2D eigenvalue weighted by atomic mass is 9.95. The van der Waals surface area contributed by atoms with E-state index in [-0.39, 0.29) is 11.8 Å². The molecule has 1 amide bonds. The molecule has 2 rings (SSSR count). The van der Waals surface area contributed by atoms with Crippen molar-refractivity contribution in [2.75, 3.05) is 6.54 Å². The van der Waals surface area contributed by atoms with Crippen molar-refractivity contribution >= 4 is 5.91 Å². The van der Waals surface area contributed by atoms with E-state index in [1.165, 1.54) is 22.3 Å². The summed E-state index contributed by atoms with van der Waals surface area (Å²) in [4.78, 5) is 13.8. The molecule has 1 aromatic rings. The monoisotopic (exact) mass is 256 g/mol. The van der Waals surface area contributed by atoms with Crippen LogP contribution in [0.3, 0.4) is 0 Å².